The highest BCUT2D eigenvalue weighted by molar-refractivity contribution is 5.36. The number of allylic oxidation sites excluding steroid dienone is 4. The smallest absolute Gasteiger partial charge is 0.0654 e. The molecule has 3 heteroatoms. The second-order valence-electron chi connectivity index (χ2n) is 11.2. The lowest BCUT2D eigenvalue weighted by atomic mass is 9.59. The van der Waals surface area contributed by atoms with E-state index < -0.39 is 5.60 Å². The molecular weight excluding hydrogens is 372 g/mol. The number of aliphatic hydroxyl groups excluding tert-OH is 2. The molecule has 30 heavy (non-hydrogen) atoms. The molecule has 0 saturated heterocycles. The average molecular weight is 417 g/mol. The molecule has 0 aromatic rings. The summed E-state index contributed by atoms with van der Waals surface area (Å²) in [4.78, 5) is 0. The van der Waals surface area contributed by atoms with Crippen molar-refractivity contribution in [3.05, 3.63) is 35.5 Å². The Bertz CT molecular complexity index is 686. The topological polar surface area (TPSA) is 60.7 Å². The maximum atomic E-state index is 11.5. The normalized spacial score (nSPS) is 38.1. The van der Waals surface area contributed by atoms with E-state index in [0.29, 0.717) is 18.8 Å². The van der Waals surface area contributed by atoms with Crippen LogP contribution < -0.4 is 0 Å². The lowest BCUT2D eigenvalue weighted by Crippen LogP contribution is -2.45. The summed E-state index contributed by atoms with van der Waals surface area (Å²) in [5.74, 6) is 1.03. The van der Waals surface area contributed by atoms with Crippen LogP contribution in [-0.4, -0.2) is 33.1 Å². The quantitative estimate of drug-likeness (QED) is 0.520. The van der Waals surface area contributed by atoms with Gasteiger partial charge in [-0.3, -0.25) is 0 Å². The van der Waals surface area contributed by atoms with Crippen molar-refractivity contribution >= 4 is 0 Å². The zero-order chi connectivity index (χ0) is 22.1. The van der Waals surface area contributed by atoms with Crippen molar-refractivity contribution in [2.75, 3.05) is 0 Å². The fourth-order valence-electron chi connectivity index (χ4n) is 6.60. The molecule has 3 rings (SSSR count). The van der Waals surface area contributed by atoms with Gasteiger partial charge in [-0.05, 0) is 99.9 Å². The van der Waals surface area contributed by atoms with Crippen molar-refractivity contribution in [1.29, 1.82) is 0 Å². The number of hydrogen-bond acceptors (Lipinski definition) is 3. The first kappa shape index (κ1) is 23.8. The zero-order valence-corrected chi connectivity index (χ0v) is 19.7. The molecule has 6 atom stereocenters. The second-order valence-corrected chi connectivity index (χ2v) is 11.2. The third-order valence-electron chi connectivity index (χ3n) is 8.62. The van der Waals surface area contributed by atoms with E-state index in [1.165, 1.54) is 29.6 Å². The first-order valence-electron chi connectivity index (χ1n) is 12.2. The molecule has 0 bridgehead atoms. The molecule has 3 aliphatic carbocycles. The van der Waals surface area contributed by atoms with Crippen LogP contribution in [0.1, 0.15) is 91.9 Å². The van der Waals surface area contributed by atoms with Crippen LogP contribution in [0.15, 0.2) is 35.5 Å². The van der Waals surface area contributed by atoms with Crippen LogP contribution in [0.5, 0.6) is 0 Å². The summed E-state index contributed by atoms with van der Waals surface area (Å²) in [7, 11) is 0. The molecule has 170 valence electrons. The summed E-state index contributed by atoms with van der Waals surface area (Å²) in [6, 6.07) is 0. The molecule has 0 heterocycles. The molecule has 3 fully saturated rings. The Labute approximate surface area is 184 Å². The molecule has 3 nitrogen and oxygen atoms in total. The molecule has 0 aromatic carbocycles. The predicted molar refractivity (Wildman–Crippen MR) is 124 cm³/mol. The predicted octanol–water partition coefficient (Wildman–Crippen LogP) is 5.70. The van der Waals surface area contributed by atoms with Crippen molar-refractivity contribution in [2.45, 2.75) is 110 Å². The summed E-state index contributed by atoms with van der Waals surface area (Å²) < 4.78 is 0. The van der Waals surface area contributed by atoms with Crippen molar-refractivity contribution < 1.29 is 15.3 Å². The van der Waals surface area contributed by atoms with E-state index in [-0.39, 0.29) is 29.5 Å². The molecule has 3 N–H and O–H groups in total. The lowest BCUT2D eigenvalue weighted by Gasteiger charge is -2.47. The number of rotatable bonds is 6. The van der Waals surface area contributed by atoms with Crippen molar-refractivity contribution in [3.63, 3.8) is 0 Å². The number of fused-ring (bicyclic) bond motifs is 1. The first-order valence-corrected chi connectivity index (χ1v) is 12.2. The monoisotopic (exact) mass is 416 g/mol. The summed E-state index contributed by atoms with van der Waals surface area (Å²) in [6.07, 6.45) is 13.4. The fraction of sp³-hybridized carbons (Fsp3) is 0.778. The fourth-order valence-corrected chi connectivity index (χ4v) is 6.60. The minimum absolute atomic E-state index is 0.123. The molecule has 0 radical (unpaired) electrons. The summed E-state index contributed by atoms with van der Waals surface area (Å²) >= 11 is 0. The second kappa shape index (κ2) is 9.30. The standard InChI is InChI=1S/C27H44O3/c1-18(2)24(29)14-16-27(5,30)25-13-12-23-20(7-6-15-26(23,25)4)9-10-21-17-22(28)11-8-19(21)3/h9-10,18,22-25,28-30H,3,6-8,11-17H2,1-2,4-5H3/b20-9+,21-10-/t22-,23-,24+,25-,26-,27-/m0/s1. The van der Waals surface area contributed by atoms with Crippen molar-refractivity contribution in [3.8, 4) is 0 Å². The van der Waals surface area contributed by atoms with Crippen molar-refractivity contribution in [2.24, 2.45) is 23.2 Å². The molecule has 3 saturated carbocycles. The van der Waals surface area contributed by atoms with Gasteiger partial charge >= 0.3 is 0 Å². The Kier molecular flexibility index (Phi) is 7.37. The summed E-state index contributed by atoms with van der Waals surface area (Å²) in [5.41, 5.74) is 3.29. The molecule has 0 unspecified atom stereocenters. The van der Waals surface area contributed by atoms with Crippen LogP contribution in [0.4, 0.5) is 0 Å². The van der Waals surface area contributed by atoms with Gasteiger partial charge < -0.3 is 15.3 Å². The van der Waals surface area contributed by atoms with Gasteiger partial charge in [0.15, 0.2) is 0 Å². The van der Waals surface area contributed by atoms with E-state index >= 15 is 0 Å². The maximum Gasteiger partial charge on any atom is 0.0654 e. The largest absolute Gasteiger partial charge is 0.393 e. The molecule has 3 aliphatic rings. The highest BCUT2D eigenvalue weighted by atomic mass is 16.3. The molecule has 0 aliphatic heterocycles. The average Bonchev–Trinajstić information content (AvgIpc) is 3.05. The summed E-state index contributed by atoms with van der Waals surface area (Å²) in [6.45, 7) is 12.7. The molecule has 0 spiro atoms. The SMILES string of the molecule is C=C1CC[C@H](O)C/C1=C/C=C1\CCC[C@@]2(C)[C@H]1CC[C@@H]2[C@@](C)(O)CC[C@@H](O)C(C)C. The van der Waals surface area contributed by atoms with Crippen molar-refractivity contribution in [1.82, 2.24) is 0 Å². The van der Waals surface area contributed by atoms with E-state index in [2.05, 4.69) is 25.7 Å². The number of hydrogen-bond donors (Lipinski definition) is 3. The van der Waals surface area contributed by atoms with Crippen LogP contribution in [0.2, 0.25) is 0 Å². The highest BCUT2D eigenvalue weighted by Gasteiger charge is 2.54. The van der Waals surface area contributed by atoms with Gasteiger partial charge in [0.2, 0.25) is 0 Å². The maximum absolute atomic E-state index is 11.5. The van der Waals surface area contributed by atoms with Gasteiger partial charge in [-0.1, -0.05) is 50.6 Å². The minimum atomic E-state index is -0.734. The van der Waals surface area contributed by atoms with Crippen LogP contribution in [0.25, 0.3) is 0 Å². The first-order chi connectivity index (χ1) is 14.0. The Morgan fingerprint density at radius 3 is 2.63 bits per heavy atom. The van der Waals surface area contributed by atoms with Gasteiger partial charge in [-0.2, -0.15) is 0 Å². The van der Waals surface area contributed by atoms with E-state index in [1.807, 2.05) is 20.8 Å². The van der Waals surface area contributed by atoms with Gasteiger partial charge in [-0.25, -0.2) is 0 Å². The van der Waals surface area contributed by atoms with E-state index in [4.69, 9.17) is 0 Å². The van der Waals surface area contributed by atoms with Gasteiger partial charge in [0.25, 0.3) is 0 Å². The van der Waals surface area contributed by atoms with Crippen LogP contribution in [-0.2, 0) is 0 Å². The van der Waals surface area contributed by atoms with Crippen LogP contribution >= 0.6 is 0 Å². The van der Waals surface area contributed by atoms with Crippen LogP contribution in [0.3, 0.4) is 0 Å². The Morgan fingerprint density at radius 2 is 1.93 bits per heavy atom. The Balaban J connectivity index is 1.75. The third kappa shape index (κ3) is 4.95. The molecule has 0 amide bonds. The van der Waals surface area contributed by atoms with Gasteiger partial charge in [0.05, 0.1) is 17.8 Å². The Hall–Kier alpha value is -0.900. The minimum Gasteiger partial charge on any atom is -0.393 e. The summed E-state index contributed by atoms with van der Waals surface area (Å²) in [5, 5.41) is 31.7. The third-order valence-corrected chi connectivity index (χ3v) is 8.62. The van der Waals surface area contributed by atoms with Crippen LogP contribution in [0, 0.1) is 23.2 Å². The van der Waals surface area contributed by atoms with E-state index in [9.17, 15) is 15.3 Å². The van der Waals surface area contributed by atoms with E-state index in [0.717, 1.165) is 38.5 Å². The van der Waals surface area contributed by atoms with Gasteiger partial charge in [-0.15, -0.1) is 0 Å². The molecule has 0 aromatic heterocycles. The molecular formula is C27H44O3. The van der Waals surface area contributed by atoms with Gasteiger partial charge in [0, 0.05) is 0 Å². The van der Waals surface area contributed by atoms with E-state index in [1.54, 1.807) is 0 Å². The zero-order valence-electron chi connectivity index (χ0n) is 19.7. The highest BCUT2D eigenvalue weighted by Crippen LogP contribution is 2.60. The number of aliphatic hydroxyl groups is 3. The lowest BCUT2D eigenvalue weighted by molar-refractivity contribution is -0.0722. The van der Waals surface area contributed by atoms with Gasteiger partial charge in [0.1, 0.15) is 0 Å². The Morgan fingerprint density at radius 1 is 1.20 bits per heavy atom.